The van der Waals surface area contributed by atoms with E-state index in [9.17, 15) is 0 Å². The highest BCUT2D eigenvalue weighted by Gasteiger charge is 2.27. The van der Waals surface area contributed by atoms with Gasteiger partial charge < -0.3 is 4.40 Å². The molecule has 1 aliphatic carbocycles. The van der Waals surface area contributed by atoms with Crippen molar-refractivity contribution in [3.8, 4) is 0 Å². The number of aromatic nitrogens is 2. The molecular formula is C34H37N2+. The van der Waals surface area contributed by atoms with Crippen LogP contribution in [-0.4, -0.2) is 4.40 Å². The van der Waals surface area contributed by atoms with Crippen molar-refractivity contribution >= 4 is 49.0 Å². The van der Waals surface area contributed by atoms with Crippen molar-refractivity contribution in [3.63, 3.8) is 0 Å². The summed E-state index contributed by atoms with van der Waals surface area (Å²) < 4.78 is 4.99. The van der Waals surface area contributed by atoms with Crippen LogP contribution in [0.4, 0.5) is 0 Å². The normalized spacial score (nSPS) is 15.6. The van der Waals surface area contributed by atoms with Crippen molar-refractivity contribution in [1.29, 1.82) is 0 Å². The van der Waals surface area contributed by atoms with Gasteiger partial charge in [-0.1, -0.05) is 51.8 Å². The van der Waals surface area contributed by atoms with Gasteiger partial charge in [-0.3, -0.25) is 0 Å². The lowest BCUT2D eigenvalue weighted by atomic mass is 9.88. The van der Waals surface area contributed by atoms with Gasteiger partial charge in [-0.05, 0) is 90.3 Å². The van der Waals surface area contributed by atoms with Crippen LogP contribution in [0, 0.1) is 19.3 Å². The number of benzene rings is 3. The van der Waals surface area contributed by atoms with Gasteiger partial charge in [0.05, 0.1) is 27.3 Å². The number of fused-ring (bicyclic) bond motifs is 5. The van der Waals surface area contributed by atoms with Gasteiger partial charge in [-0.25, -0.2) is 4.57 Å². The molecule has 0 spiro atoms. The molecule has 182 valence electrons. The molecule has 0 saturated heterocycles. The van der Waals surface area contributed by atoms with E-state index in [2.05, 4.69) is 99.3 Å². The molecule has 1 saturated carbocycles. The van der Waals surface area contributed by atoms with Gasteiger partial charge in [0.25, 0.3) is 0 Å². The molecule has 0 aliphatic heterocycles. The maximum Gasteiger partial charge on any atom is 0.224 e. The average molecular weight is 474 g/mol. The van der Waals surface area contributed by atoms with Crippen molar-refractivity contribution in [2.45, 2.75) is 72.6 Å². The predicted octanol–water partition coefficient (Wildman–Crippen LogP) is 8.68. The second-order valence-corrected chi connectivity index (χ2v) is 12.8. The van der Waals surface area contributed by atoms with E-state index in [0.29, 0.717) is 5.92 Å². The lowest BCUT2D eigenvalue weighted by molar-refractivity contribution is -0.643. The summed E-state index contributed by atoms with van der Waals surface area (Å²) in [5.74, 6) is 0.693. The molecule has 2 nitrogen and oxygen atoms in total. The molecule has 3 aromatic heterocycles. The fourth-order valence-electron chi connectivity index (χ4n) is 7.19. The maximum atomic E-state index is 2.63. The fraction of sp³-hybridized carbons (Fsp3) is 0.382. The Bertz CT molecular complexity index is 1820. The lowest BCUT2D eigenvalue weighted by Crippen LogP contribution is -2.29. The van der Waals surface area contributed by atoms with Gasteiger partial charge in [-0.2, -0.15) is 0 Å². The minimum absolute atomic E-state index is 0.260. The van der Waals surface area contributed by atoms with Crippen molar-refractivity contribution in [2.75, 3.05) is 0 Å². The number of aryl methyl sites for hydroxylation is 3. The van der Waals surface area contributed by atoms with Gasteiger partial charge in [0.15, 0.2) is 6.20 Å². The van der Waals surface area contributed by atoms with Crippen LogP contribution in [0.1, 0.15) is 74.6 Å². The zero-order valence-corrected chi connectivity index (χ0v) is 22.6. The number of rotatable bonds is 2. The summed E-state index contributed by atoms with van der Waals surface area (Å²) >= 11 is 0. The molecule has 36 heavy (non-hydrogen) atoms. The summed E-state index contributed by atoms with van der Waals surface area (Å²) in [5.41, 5.74) is 11.5. The Hall–Kier alpha value is -3.13. The van der Waals surface area contributed by atoms with E-state index in [0.717, 1.165) is 6.42 Å². The van der Waals surface area contributed by atoms with E-state index >= 15 is 0 Å². The first-order valence-electron chi connectivity index (χ1n) is 13.8. The first-order chi connectivity index (χ1) is 17.2. The smallest absolute Gasteiger partial charge is 0.224 e. The molecule has 6 aromatic rings. The van der Waals surface area contributed by atoms with Crippen LogP contribution in [-0.2, 0) is 13.5 Å². The van der Waals surface area contributed by atoms with Gasteiger partial charge in [0.1, 0.15) is 7.05 Å². The first-order valence-corrected chi connectivity index (χ1v) is 13.8. The predicted molar refractivity (Wildman–Crippen MR) is 154 cm³/mol. The molecule has 0 amide bonds. The van der Waals surface area contributed by atoms with E-state index in [-0.39, 0.29) is 5.41 Å². The Morgan fingerprint density at radius 1 is 0.889 bits per heavy atom. The third kappa shape index (κ3) is 3.06. The van der Waals surface area contributed by atoms with Crippen LogP contribution < -0.4 is 4.57 Å². The summed E-state index contributed by atoms with van der Waals surface area (Å²) in [6.45, 7) is 11.6. The second kappa shape index (κ2) is 7.44. The Morgan fingerprint density at radius 2 is 1.67 bits per heavy atom. The molecule has 0 radical (unpaired) electrons. The Morgan fingerprint density at radius 3 is 2.42 bits per heavy atom. The van der Waals surface area contributed by atoms with Crippen LogP contribution >= 0.6 is 0 Å². The van der Waals surface area contributed by atoms with Crippen molar-refractivity contribution in [2.24, 2.45) is 12.5 Å². The number of pyridine rings is 2. The van der Waals surface area contributed by atoms with E-state index in [1.807, 2.05) is 0 Å². The highest BCUT2D eigenvalue weighted by atomic mass is 15.0. The number of hydrogen-bond donors (Lipinski definition) is 0. The van der Waals surface area contributed by atoms with Crippen LogP contribution in [0.15, 0.2) is 48.7 Å². The van der Waals surface area contributed by atoms with E-state index < -0.39 is 0 Å². The third-order valence-electron chi connectivity index (χ3n) is 8.91. The van der Waals surface area contributed by atoms with Gasteiger partial charge >= 0.3 is 0 Å². The summed E-state index contributed by atoms with van der Waals surface area (Å²) in [4.78, 5) is 0. The minimum Gasteiger partial charge on any atom is -0.307 e. The summed E-state index contributed by atoms with van der Waals surface area (Å²) in [5, 5.41) is 6.96. The topological polar surface area (TPSA) is 8.29 Å². The average Bonchev–Trinajstić information content (AvgIpc) is 3.46. The molecule has 1 aliphatic rings. The highest BCUT2D eigenvalue weighted by Crippen LogP contribution is 2.44. The molecular weight excluding hydrogens is 436 g/mol. The van der Waals surface area contributed by atoms with Gasteiger partial charge in [0, 0.05) is 16.8 Å². The Balaban J connectivity index is 1.74. The monoisotopic (exact) mass is 473 g/mol. The van der Waals surface area contributed by atoms with E-state index in [4.69, 9.17) is 0 Å². The first kappa shape index (κ1) is 22.1. The van der Waals surface area contributed by atoms with Crippen LogP contribution in [0.3, 0.4) is 0 Å². The number of nitrogens with zero attached hydrogens (tertiary/aromatic N) is 2. The molecule has 0 bridgehead atoms. The van der Waals surface area contributed by atoms with Crippen LogP contribution in [0.5, 0.6) is 0 Å². The largest absolute Gasteiger partial charge is 0.307 e. The van der Waals surface area contributed by atoms with Crippen molar-refractivity contribution in [3.05, 3.63) is 70.9 Å². The second-order valence-electron chi connectivity index (χ2n) is 12.8. The van der Waals surface area contributed by atoms with Gasteiger partial charge in [-0.15, -0.1) is 0 Å². The molecule has 0 N–H and O–H groups in total. The Labute approximate surface area is 213 Å². The third-order valence-corrected chi connectivity index (χ3v) is 8.91. The molecule has 0 atom stereocenters. The SMILES string of the molecule is Cc1cc2c3ccc(CC(C)(C)C)cc3n3c4cc(C5CCCC5)cc5cc[n+](C)c(c(c1C)c23)c54. The number of hydrogen-bond acceptors (Lipinski definition) is 0. The van der Waals surface area contributed by atoms with Crippen LogP contribution in [0.25, 0.3) is 49.0 Å². The summed E-state index contributed by atoms with van der Waals surface area (Å²) in [6.07, 6.45) is 8.73. The molecule has 3 aromatic carbocycles. The molecule has 2 heteroatoms. The molecule has 7 rings (SSSR count). The van der Waals surface area contributed by atoms with E-state index in [1.54, 1.807) is 0 Å². The zero-order chi connectivity index (χ0) is 24.9. The highest BCUT2D eigenvalue weighted by molar-refractivity contribution is 6.26. The maximum absolute atomic E-state index is 2.63. The quantitative estimate of drug-likeness (QED) is 0.135. The molecule has 1 fully saturated rings. The summed E-state index contributed by atoms with van der Waals surface area (Å²) in [6, 6.07) is 17.1. The molecule has 0 unspecified atom stereocenters. The Kier molecular flexibility index (Phi) is 4.57. The lowest BCUT2D eigenvalue weighted by Gasteiger charge is -2.18. The molecule has 3 heterocycles. The van der Waals surface area contributed by atoms with Crippen LogP contribution in [0.2, 0.25) is 0 Å². The van der Waals surface area contributed by atoms with Crippen molar-refractivity contribution in [1.82, 2.24) is 4.40 Å². The minimum atomic E-state index is 0.260. The zero-order valence-electron chi connectivity index (χ0n) is 22.6. The van der Waals surface area contributed by atoms with Gasteiger partial charge in [0.2, 0.25) is 5.52 Å². The summed E-state index contributed by atoms with van der Waals surface area (Å²) in [7, 11) is 2.22. The van der Waals surface area contributed by atoms with Crippen molar-refractivity contribution < 1.29 is 4.57 Å². The standard InChI is InChI=1S/C34H37N2/c1-20-15-27-26-12-11-22(19-34(3,4)5)16-28(26)36-29-18-25(23-9-7-8-10-23)17-24-13-14-35(6)33(31(24)29)30(21(20)2)32(27)36/h11-18,23H,7-10,19H2,1-6H3/q+1. The fourth-order valence-corrected chi connectivity index (χ4v) is 7.19. The van der Waals surface area contributed by atoms with E-state index in [1.165, 1.54) is 96.9 Å².